The van der Waals surface area contributed by atoms with E-state index in [1.165, 1.54) is 43.7 Å². The minimum absolute atomic E-state index is 0.00413. The van der Waals surface area contributed by atoms with Crippen LogP contribution in [0.15, 0.2) is 36.8 Å². The number of aromatic hydroxyl groups is 1. The summed E-state index contributed by atoms with van der Waals surface area (Å²) in [6.07, 6.45) is 1.37. The topological polar surface area (TPSA) is 220 Å². The second-order valence-corrected chi connectivity index (χ2v) is 8.49. The summed E-state index contributed by atoms with van der Waals surface area (Å²) in [6.45, 7) is 1.20. The Balaban J connectivity index is 2.29. The molecule has 1 heterocycles. The van der Waals surface area contributed by atoms with E-state index in [1.807, 2.05) is 0 Å². The van der Waals surface area contributed by atoms with Crippen LogP contribution in [0.2, 0.25) is 0 Å². The molecular weight excluding hydrogens is 492 g/mol. The zero-order valence-corrected chi connectivity index (χ0v) is 20.3. The molecule has 0 fully saturated rings. The number of H-pyrrole nitrogens is 1. The summed E-state index contributed by atoms with van der Waals surface area (Å²) in [5, 5.41) is 35.9. The van der Waals surface area contributed by atoms with Crippen molar-refractivity contribution in [2.45, 2.75) is 50.0 Å². The minimum atomic E-state index is -1.62. The molecule has 2 rings (SSSR count). The molecule has 0 aliphatic carbocycles. The molecule has 2 aromatic rings. The van der Waals surface area contributed by atoms with Crippen LogP contribution in [-0.4, -0.2) is 85.0 Å². The Morgan fingerprint density at radius 3 is 2.14 bits per heavy atom. The fourth-order valence-electron chi connectivity index (χ4n) is 3.18. The lowest BCUT2D eigenvalue weighted by atomic mass is 10.0. The van der Waals surface area contributed by atoms with Crippen LogP contribution in [0.25, 0.3) is 0 Å². The Labute approximate surface area is 212 Å². The van der Waals surface area contributed by atoms with Gasteiger partial charge in [-0.1, -0.05) is 12.1 Å². The van der Waals surface area contributed by atoms with Crippen molar-refractivity contribution < 1.29 is 34.5 Å². The maximum absolute atomic E-state index is 13.2. The number of aromatic amines is 1. The van der Waals surface area contributed by atoms with Gasteiger partial charge in [0.15, 0.2) is 6.04 Å². The zero-order chi connectivity index (χ0) is 26.8. The highest BCUT2D eigenvalue weighted by Gasteiger charge is 2.32. The molecule has 0 saturated heterocycles. The molecule has 0 spiro atoms. The number of rotatable bonds is 13. The van der Waals surface area contributed by atoms with Gasteiger partial charge >= 0.3 is 5.97 Å². The smallest absolute Gasteiger partial charge is 0.328 e. The Hall–Kier alpha value is -3.62. The van der Waals surface area contributed by atoms with Gasteiger partial charge in [-0.3, -0.25) is 14.4 Å². The number of carboxylic acids is 1. The molecular formula is C22H30N6O7S. The summed E-state index contributed by atoms with van der Waals surface area (Å²) >= 11 is 3.99. The first-order chi connectivity index (χ1) is 17.0. The number of nitrogens with zero attached hydrogens (tertiary/aromatic N) is 1. The second kappa shape index (κ2) is 13.5. The summed E-state index contributed by atoms with van der Waals surface area (Å²) in [7, 11) is 0. The van der Waals surface area contributed by atoms with Crippen molar-refractivity contribution in [3.05, 3.63) is 48.0 Å². The van der Waals surface area contributed by atoms with Crippen LogP contribution in [0.3, 0.4) is 0 Å². The molecule has 1 aromatic carbocycles. The molecule has 5 atom stereocenters. The third-order valence-corrected chi connectivity index (χ3v) is 5.59. The van der Waals surface area contributed by atoms with Gasteiger partial charge in [0.2, 0.25) is 17.7 Å². The molecule has 0 radical (unpaired) electrons. The lowest BCUT2D eigenvalue weighted by molar-refractivity contribution is -0.145. The molecule has 36 heavy (non-hydrogen) atoms. The third-order valence-electron chi connectivity index (χ3n) is 5.20. The fourth-order valence-corrected chi connectivity index (χ4v) is 3.34. The van der Waals surface area contributed by atoms with Crippen molar-refractivity contribution in [2.75, 3.05) is 5.75 Å². The number of phenols is 1. The van der Waals surface area contributed by atoms with Gasteiger partial charge in [0.1, 0.15) is 17.8 Å². The van der Waals surface area contributed by atoms with E-state index >= 15 is 0 Å². The van der Waals surface area contributed by atoms with Crippen molar-refractivity contribution in [3.63, 3.8) is 0 Å². The molecule has 14 heteroatoms. The molecule has 196 valence electrons. The van der Waals surface area contributed by atoms with Crippen molar-refractivity contribution >= 4 is 36.3 Å². The fraction of sp³-hybridized carbons (Fsp3) is 0.409. The van der Waals surface area contributed by atoms with Gasteiger partial charge in [0.25, 0.3) is 0 Å². The van der Waals surface area contributed by atoms with Crippen molar-refractivity contribution in [1.82, 2.24) is 25.9 Å². The number of nitrogens with one attached hydrogen (secondary N) is 4. The Morgan fingerprint density at radius 2 is 1.61 bits per heavy atom. The van der Waals surface area contributed by atoms with Crippen LogP contribution in [0.5, 0.6) is 5.75 Å². The molecule has 5 unspecified atom stereocenters. The third kappa shape index (κ3) is 8.55. The zero-order valence-electron chi connectivity index (χ0n) is 19.4. The lowest BCUT2D eigenvalue weighted by Gasteiger charge is -2.25. The summed E-state index contributed by atoms with van der Waals surface area (Å²) in [4.78, 5) is 56.8. The minimum Gasteiger partial charge on any atom is -0.508 e. The number of thiol groups is 1. The number of benzene rings is 1. The lowest BCUT2D eigenvalue weighted by Crippen LogP contribution is -2.59. The highest BCUT2D eigenvalue weighted by molar-refractivity contribution is 7.80. The van der Waals surface area contributed by atoms with Gasteiger partial charge < -0.3 is 42.0 Å². The Morgan fingerprint density at radius 1 is 1.03 bits per heavy atom. The Kier molecular flexibility index (Phi) is 10.7. The summed E-state index contributed by atoms with van der Waals surface area (Å²) in [5.41, 5.74) is 6.78. The molecule has 0 bridgehead atoms. The molecule has 9 N–H and O–H groups in total. The van der Waals surface area contributed by atoms with Gasteiger partial charge in [0, 0.05) is 30.5 Å². The number of phenolic OH excluding ortho intramolecular Hbond substituents is 1. The Bertz CT molecular complexity index is 1030. The van der Waals surface area contributed by atoms with E-state index < -0.39 is 54.0 Å². The first-order valence-electron chi connectivity index (χ1n) is 10.9. The number of imidazole rings is 1. The first-order valence-corrected chi connectivity index (χ1v) is 11.6. The summed E-state index contributed by atoms with van der Waals surface area (Å²) in [5.74, 6) is -3.68. The molecule has 0 aliphatic rings. The van der Waals surface area contributed by atoms with E-state index in [9.17, 15) is 34.5 Å². The number of nitrogens with two attached hydrogens (primary N) is 1. The number of hydrogen-bond acceptors (Lipinski definition) is 9. The van der Waals surface area contributed by atoms with Gasteiger partial charge in [-0.15, -0.1) is 0 Å². The van der Waals surface area contributed by atoms with Gasteiger partial charge in [-0.05, 0) is 24.6 Å². The van der Waals surface area contributed by atoms with E-state index in [1.54, 1.807) is 0 Å². The number of carbonyl (C=O) groups excluding carboxylic acids is 3. The van der Waals surface area contributed by atoms with E-state index in [0.717, 1.165) is 0 Å². The number of aliphatic hydroxyl groups excluding tert-OH is 1. The van der Waals surface area contributed by atoms with Gasteiger partial charge in [0.05, 0.1) is 18.5 Å². The average molecular weight is 523 g/mol. The number of aliphatic carboxylic acids is 1. The van der Waals surface area contributed by atoms with Crippen molar-refractivity contribution in [2.24, 2.45) is 5.73 Å². The largest absolute Gasteiger partial charge is 0.508 e. The number of amides is 3. The van der Waals surface area contributed by atoms with Crippen molar-refractivity contribution in [3.8, 4) is 5.75 Å². The number of hydrogen-bond donors (Lipinski definition) is 9. The van der Waals surface area contributed by atoms with E-state index in [2.05, 4.69) is 38.5 Å². The number of carbonyl (C=O) groups is 4. The van der Waals surface area contributed by atoms with Crippen molar-refractivity contribution in [1.29, 1.82) is 0 Å². The molecule has 0 aliphatic heterocycles. The quantitative estimate of drug-likeness (QED) is 0.134. The monoisotopic (exact) mass is 522 g/mol. The predicted molar refractivity (Wildman–Crippen MR) is 131 cm³/mol. The predicted octanol–water partition coefficient (Wildman–Crippen LogP) is -1.92. The summed E-state index contributed by atoms with van der Waals surface area (Å²) < 4.78 is 0. The SMILES string of the molecule is CC(O)C(NC(=O)C(Cc1ccc(O)cc1)NC(=O)C(Cc1cnc[nH]1)NC(=O)C(N)CS)C(=O)O. The molecule has 1 aromatic heterocycles. The maximum Gasteiger partial charge on any atom is 0.328 e. The van der Waals surface area contributed by atoms with Crippen LogP contribution in [0.1, 0.15) is 18.2 Å². The number of carboxylic acid groups (broad SMARTS) is 1. The van der Waals surface area contributed by atoms with Crippen LogP contribution in [-0.2, 0) is 32.0 Å². The number of aliphatic hydroxyl groups is 1. The molecule has 3 amide bonds. The van der Waals surface area contributed by atoms with E-state index in [-0.39, 0.29) is 24.3 Å². The highest BCUT2D eigenvalue weighted by Crippen LogP contribution is 2.12. The maximum atomic E-state index is 13.2. The van der Waals surface area contributed by atoms with E-state index in [0.29, 0.717) is 11.3 Å². The second-order valence-electron chi connectivity index (χ2n) is 8.13. The van der Waals surface area contributed by atoms with Crippen LogP contribution in [0, 0.1) is 0 Å². The standard InChI is InChI=1S/C22H30N6O7S/c1-11(29)18(22(34)35)28-21(33)16(6-12-2-4-14(30)5-3-12)27-20(32)17(7-13-8-24-10-25-13)26-19(31)15(23)9-36/h2-5,8,10-11,15-18,29-30,36H,6-7,9,23H2,1H3,(H,24,25)(H,26,31)(H,27,32)(H,28,33)(H,34,35). The number of aromatic nitrogens is 2. The van der Waals surface area contributed by atoms with Crippen LogP contribution in [0.4, 0.5) is 0 Å². The molecule has 0 saturated carbocycles. The van der Waals surface area contributed by atoms with Gasteiger partial charge in [-0.2, -0.15) is 12.6 Å². The normalized spacial score (nSPS) is 15.1. The summed E-state index contributed by atoms with van der Waals surface area (Å²) in [6, 6.07) is 0.786. The highest BCUT2D eigenvalue weighted by atomic mass is 32.1. The van der Waals surface area contributed by atoms with Gasteiger partial charge in [-0.25, -0.2) is 9.78 Å². The first kappa shape index (κ1) is 28.6. The van der Waals surface area contributed by atoms with Crippen LogP contribution >= 0.6 is 12.6 Å². The molecule has 13 nitrogen and oxygen atoms in total. The van der Waals surface area contributed by atoms with Crippen LogP contribution < -0.4 is 21.7 Å². The average Bonchev–Trinajstić information content (AvgIpc) is 3.34. The van der Waals surface area contributed by atoms with E-state index in [4.69, 9.17) is 5.73 Å².